The number of thioether (sulfide) groups is 1. The number of hydrogen-bond acceptors (Lipinski definition) is 4. The van der Waals surface area contributed by atoms with Gasteiger partial charge in [-0.25, -0.2) is 0 Å². The Hall–Kier alpha value is -0.960. The highest BCUT2D eigenvalue weighted by Crippen LogP contribution is 2.30. The monoisotopic (exact) mass is 324 g/mol. The topological polar surface area (TPSA) is 55.1 Å². The number of amides is 1. The molecule has 1 aromatic heterocycles. The Labute approximate surface area is 136 Å². The SMILES string of the molecule is CCC(CC)(CNC(=O)c1cc(C)c(C#CCN)s1)SC. The van der Waals surface area contributed by atoms with Crippen molar-refractivity contribution < 1.29 is 4.79 Å². The molecule has 1 rings (SSSR count). The third-order valence-corrected chi connectivity index (χ3v) is 6.48. The maximum atomic E-state index is 12.3. The Bertz CT molecular complexity index is 528. The standard InChI is InChI=1S/C16H24N2OS2/c1-5-16(6-2,20-4)11-18-15(19)14-10-12(3)13(21-14)8-7-9-17/h10H,5-6,9,11,17H2,1-4H3,(H,18,19). The van der Waals surface area contributed by atoms with Crippen LogP contribution >= 0.6 is 23.1 Å². The summed E-state index contributed by atoms with van der Waals surface area (Å²) in [6, 6.07) is 1.90. The molecule has 0 aliphatic carbocycles. The zero-order valence-electron chi connectivity index (χ0n) is 13.2. The van der Waals surface area contributed by atoms with E-state index in [4.69, 9.17) is 5.73 Å². The number of rotatable bonds is 6. The number of carbonyl (C=O) groups is 1. The van der Waals surface area contributed by atoms with Crippen LogP contribution in [-0.2, 0) is 0 Å². The molecule has 0 aromatic carbocycles. The summed E-state index contributed by atoms with van der Waals surface area (Å²) in [6.45, 7) is 7.34. The zero-order valence-corrected chi connectivity index (χ0v) is 14.8. The van der Waals surface area contributed by atoms with Crippen molar-refractivity contribution in [1.29, 1.82) is 0 Å². The van der Waals surface area contributed by atoms with Crippen molar-refractivity contribution in [3.05, 3.63) is 21.4 Å². The summed E-state index contributed by atoms with van der Waals surface area (Å²) >= 11 is 3.26. The van der Waals surface area contributed by atoms with Crippen LogP contribution in [0.3, 0.4) is 0 Å². The number of aryl methyl sites for hydroxylation is 1. The summed E-state index contributed by atoms with van der Waals surface area (Å²) in [7, 11) is 0. The normalized spacial score (nSPS) is 10.9. The largest absolute Gasteiger partial charge is 0.350 e. The number of nitrogens with two attached hydrogens (primary N) is 1. The Morgan fingerprint density at radius 1 is 1.48 bits per heavy atom. The highest BCUT2D eigenvalue weighted by Gasteiger charge is 2.25. The Balaban J connectivity index is 2.76. The predicted octanol–water partition coefficient (Wildman–Crippen LogP) is 3.02. The highest BCUT2D eigenvalue weighted by molar-refractivity contribution is 8.00. The van der Waals surface area contributed by atoms with Gasteiger partial charge in [-0.05, 0) is 37.7 Å². The summed E-state index contributed by atoms with van der Waals surface area (Å²) in [5.74, 6) is 5.84. The molecule has 1 aromatic rings. The first-order chi connectivity index (χ1) is 10.0. The number of thiophene rings is 1. The Kier molecular flexibility index (Phi) is 7.30. The molecule has 21 heavy (non-hydrogen) atoms. The van der Waals surface area contributed by atoms with Gasteiger partial charge in [0.15, 0.2) is 0 Å². The molecular formula is C16H24N2OS2. The summed E-state index contributed by atoms with van der Waals surface area (Å²) in [6.07, 6.45) is 4.19. The Morgan fingerprint density at radius 3 is 2.67 bits per heavy atom. The van der Waals surface area contributed by atoms with Crippen LogP contribution in [0, 0.1) is 18.8 Å². The second-order valence-electron chi connectivity index (χ2n) is 4.91. The van der Waals surface area contributed by atoms with Gasteiger partial charge >= 0.3 is 0 Å². The molecule has 1 amide bonds. The van der Waals surface area contributed by atoms with Crippen LogP contribution in [0.4, 0.5) is 0 Å². The molecule has 0 aliphatic rings. The molecule has 1 heterocycles. The zero-order chi connectivity index (χ0) is 15.9. The van der Waals surface area contributed by atoms with Gasteiger partial charge in [0.2, 0.25) is 0 Å². The molecule has 0 saturated carbocycles. The van der Waals surface area contributed by atoms with Crippen molar-refractivity contribution in [1.82, 2.24) is 5.32 Å². The second kappa shape index (κ2) is 8.47. The lowest BCUT2D eigenvalue weighted by Crippen LogP contribution is -2.39. The van der Waals surface area contributed by atoms with Gasteiger partial charge < -0.3 is 11.1 Å². The van der Waals surface area contributed by atoms with E-state index in [0.717, 1.165) is 28.2 Å². The summed E-state index contributed by atoms with van der Waals surface area (Å²) in [5, 5.41) is 3.07. The van der Waals surface area contributed by atoms with E-state index in [1.54, 1.807) is 0 Å². The Morgan fingerprint density at radius 2 is 2.14 bits per heavy atom. The molecule has 0 fully saturated rings. The molecule has 3 N–H and O–H groups in total. The van der Waals surface area contributed by atoms with E-state index in [-0.39, 0.29) is 10.7 Å². The molecule has 0 unspecified atom stereocenters. The molecule has 3 nitrogen and oxygen atoms in total. The van der Waals surface area contributed by atoms with Crippen molar-refractivity contribution in [2.75, 3.05) is 19.3 Å². The van der Waals surface area contributed by atoms with E-state index in [9.17, 15) is 4.79 Å². The fraction of sp³-hybridized carbons (Fsp3) is 0.562. The van der Waals surface area contributed by atoms with Crippen molar-refractivity contribution in [2.45, 2.75) is 38.4 Å². The lowest BCUT2D eigenvalue weighted by molar-refractivity contribution is 0.0953. The van der Waals surface area contributed by atoms with Crippen LogP contribution < -0.4 is 11.1 Å². The van der Waals surface area contributed by atoms with Crippen LogP contribution in [0.5, 0.6) is 0 Å². The quantitative estimate of drug-likeness (QED) is 0.791. The first-order valence-corrected chi connectivity index (χ1v) is 9.18. The number of carbonyl (C=O) groups excluding carboxylic acids is 1. The minimum absolute atomic E-state index is 0.00998. The molecule has 0 spiro atoms. The van der Waals surface area contributed by atoms with Gasteiger partial charge in [0.1, 0.15) is 0 Å². The van der Waals surface area contributed by atoms with Gasteiger partial charge in [-0.3, -0.25) is 4.79 Å². The third kappa shape index (κ3) is 4.77. The van der Waals surface area contributed by atoms with Gasteiger partial charge in [-0.1, -0.05) is 25.7 Å². The first-order valence-electron chi connectivity index (χ1n) is 7.14. The van der Waals surface area contributed by atoms with E-state index in [1.165, 1.54) is 11.3 Å². The van der Waals surface area contributed by atoms with E-state index >= 15 is 0 Å². The fourth-order valence-corrected chi connectivity index (χ4v) is 3.80. The summed E-state index contributed by atoms with van der Waals surface area (Å²) in [4.78, 5) is 13.9. The smallest absolute Gasteiger partial charge is 0.261 e. The second-order valence-corrected chi connectivity index (χ2v) is 7.23. The minimum atomic E-state index is -0.00998. The van der Waals surface area contributed by atoms with Crippen LogP contribution in [0.2, 0.25) is 0 Å². The number of hydrogen-bond donors (Lipinski definition) is 2. The fourth-order valence-electron chi connectivity index (χ4n) is 2.04. The highest BCUT2D eigenvalue weighted by atomic mass is 32.2. The van der Waals surface area contributed by atoms with Gasteiger partial charge in [-0.15, -0.1) is 11.3 Å². The molecule has 0 aliphatic heterocycles. The lowest BCUT2D eigenvalue weighted by Gasteiger charge is -2.29. The minimum Gasteiger partial charge on any atom is -0.350 e. The maximum absolute atomic E-state index is 12.3. The van der Waals surface area contributed by atoms with Crippen LogP contribution in [-0.4, -0.2) is 30.0 Å². The van der Waals surface area contributed by atoms with Gasteiger partial charge in [-0.2, -0.15) is 11.8 Å². The molecule has 5 heteroatoms. The van der Waals surface area contributed by atoms with Gasteiger partial charge in [0, 0.05) is 11.3 Å². The number of nitrogens with one attached hydrogen (secondary N) is 1. The van der Waals surface area contributed by atoms with Crippen LogP contribution in [0.15, 0.2) is 6.07 Å². The average Bonchev–Trinajstić information content (AvgIpc) is 2.88. The van der Waals surface area contributed by atoms with Crippen LogP contribution in [0.25, 0.3) is 0 Å². The summed E-state index contributed by atoms with van der Waals surface area (Å²) < 4.78 is 0.129. The van der Waals surface area contributed by atoms with Crippen molar-refractivity contribution in [3.8, 4) is 11.8 Å². The van der Waals surface area contributed by atoms with Crippen molar-refractivity contribution >= 4 is 29.0 Å². The summed E-state index contributed by atoms with van der Waals surface area (Å²) in [5.41, 5.74) is 6.42. The van der Waals surface area contributed by atoms with E-state index in [1.807, 2.05) is 24.8 Å². The van der Waals surface area contributed by atoms with Crippen molar-refractivity contribution in [3.63, 3.8) is 0 Å². The van der Waals surface area contributed by atoms with Crippen molar-refractivity contribution in [2.24, 2.45) is 5.73 Å². The first kappa shape index (κ1) is 18.1. The van der Waals surface area contributed by atoms with Gasteiger partial charge in [0.05, 0.1) is 16.3 Å². The molecular weight excluding hydrogens is 300 g/mol. The van der Waals surface area contributed by atoms with E-state index in [2.05, 4.69) is 37.3 Å². The molecule has 0 saturated heterocycles. The third-order valence-electron chi connectivity index (χ3n) is 3.74. The molecule has 0 radical (unpaired) electrons. The molecule has 116 valence electrons. The van der Waals surface area contributed by atoms with Crippen LogP contribution in [0.1, 0.15) is 46.8 Å². The molecule has 0 bridgehead atoms. The lowest BCUT2D eigenvalue weighted by atomic mass is 10.0. The predicted molar refractivity (Wildman–Crippen MR) is 94.1 cm³/mol. The maximum Gasteiger partial charge on any atom is 0.261 e. The van der Waals surface area contributed by atoms with E-state index in [0.29, 0.717) is 13.1 Å². The average molecular weight is 325 g/mol. The molecule has 0 atom stereocenters. The van der Waals surface area contributed by atoms with E-state index < -0.39 is 0 Å². The van der Waals surface area contributed by atoms with Gasteiger partial charge in [0.25, 0.3) is 5.91 Å².